The average Bonchev–Trinajstić information content (AvgIpc) is 3.65. The summed E-state index contributed by atoms with van der Waals surface area (Å²) in [5.41, 5.74) is 7.33. The van der Waals surface area contributed by atoms with Gasteiger partial charge in [-0.1, -0.05) is 65.1 Å². The summed E-state index contributed by atoms with van der Waals surface area (Å²) in [4.78, 5) is 8.91. The Kier molecular flexibility index (Phi) is 14.4. The summed E-state index contributed by atoms with van der Waals surface area (Å²) >= 11 is -0.826. The zero-order valence-electron chi connectivity index (χ0n) is 25.2. The third-order valence-corrected chi connectivity index (χ3v) is 6.76. The van der Waals surface area contributed by atoms with Crippen molar-refractivity contribution in [1.29, 1.82) is 0 Å². The number of nitrogens with zero attached hydrogens (tertiary/aromatic N) is 2. The van der Waals surface area contributed by atoms with E-state index in [2.05, 4.69) is 124 Å². The van der Waals surface area contributed by atoms with Crippen molar-refractivity contribution < 1.29 is 20.8 Å². The predicted octanol–water partition coefficient (Wildman–Crippen LogP) is 11.7. The van der Waals surface area contributed by atoms with Crippen molar-refractivity contribution in [2.75, 3.05) is 0 Å². The van der Waals surface area contributed by atoms with E-state index in [1.807, 2.05) is 36.7 Å². The SMILES string of the molecule is CC(C)c1cc2c(-c3ccccn3)cccc2[cH-]1.CC(C)c1cc2c(-c3ccccn3)cccc2[cH-]1.C[Si]C.[Cl][Zr+2][Cl]. The number of aromatic nitrogens is 2. The normalized spacial score (nSPS) is 10.3. The molecule has 0 N–H and O–H groups in total. The third kappa shape index (κ3) is 9.32. The fourth-order valence-corrected chi connectivity index (χ4v) is 4.67. The van der Waals surface area contributed by atoms with Crippen LogP contribution in [-0.4, -0.2) is 19.5 Å². The van der Waals surface area contributed by atoms with Crippen molar-refractivity contribution in [1.82, 2.24) is 9.97 Å². The molecule has 0 fully saturated rings. The van der Waals surface area contributed by atoms with Gasteiger partial charge in [-0.15, -0.1) is 69.1 Å². The Bertz CT molecular complexity index is 1500. The van der Waals surface area contributed by atoms with Gasteiger partial charge in [-0.05, 0) is 47.2 Å². The van der Waals surface area contributed by atoms with Gasteiger partial charge in [0.15, 0.2) is 0 Å². The molecule has 2 radical (unpaired) electrons. The van der Waals surface area contributed by atoms with E-state index in [9.17, 15) is 0 Å². The van der Waals surface area contributed by atoms with E-state index in [0.29, 0.717) is 11.8 Å². The first kappa shape index (κ1) is 34.1. The number of rotatable bonds is 4. The van der Waals surface area contributed by atoms with Crippen LogP contribution in [0, 0.1) is 0 Å². The minimum atomic E-state index is -0.826. The molecular weight excluding hydrogens is 651 g/mol. The van der Waals surface area contributed by atoms with Crippen LogP contribution >= 0.6 is 17.0 Å². The second kappa shape index (κ2) is 17.7. The van der Waals surface area contributed by atoms with Gasteiger partial charge in [-0.3, -0.25) is 9.97 Å². The van der Waals surface area contributed by atoms with E-state index in [4.69, 9.17) is 17.0 Å². The van der Waals surface area contributed by atoms with Crippen molar-refractivity contribution in [3.05, 3.63) is 121 Å². The minimum absolute atomic E-state index is 0.564. The van der Waals surface area contributed by atoms with Gasteiger partial charge in [-0.25, -0.2) is 0 Å². The Morgan fingerprint density at radius 3 is 1.31 bits per heavy atom. The van der Waals surface area contributed by atoms with Crippen LogP contribution < -0.4 is 0 Å². The first-order chi connectivity index (χ1) is 20.3. The second-order valence-electron chi connectivity index (χ2n) is 10.5. The van der Waals surface area contributed by atoms with Crippen LogP contribution in [0.2, 0.25) is 13.1 Å². The summed E-state index contributed by atoms with van der Waals surface area (Å²) in [6.07, 6.45) is 3.70. The number of fused-ring (bicyclic) bond motifs is 2. The zero-order chi connectivity index (χ0) is 30.5. The topological polar surface area (TPSA) is 25.8 Å². The summed E-state index contributed by atoms with van der Waals surface area (Å²) in [5.74, 6) is 1.13. The average molecular weight is 689 g/mol. The summed E-state index contributed by atoms with van der Waals surface area (Å²) < 4.78 is 0. The van der Waals surface area contributed by atoms with Crippen LogP contribution in [0.25, 0.3) is 44.1 Å². The van der Waals surface area contributed by atoms with E-state index in [1.165, 1.54) is 43.8 Å². The molecule has 0 atom stereocenters. The van der Waals surface area contributed by atoms with Crippen molar-refractivity contribution in [3.63, 3.8) is 0 Å². The van der Waals surface area contributed by atoms with Gasteiger partial charge in [0.25, 0.3) is 0 Å². The Morgan fingerprint density at radius 1 is 0.619 bits per heavy atom. The molecule has 0 saturated carbocycles. The molecule has 214 valence electrons. The Morgan fingerprint density at radius 2 is 1.00 bits per heavy atom. The van der Waals surface area contributed by atoms with E-state index >= 15 is 0 Å². The van der Waals surface area contributed by atoms with E-state index in [0.717, 1.165) is 20.9 Å². The van der Waals surface area contributed by atoms with E-state index < -0.39 is 20.8 Å². The molecule has 6 rings (SSSR count). The van der Waals surface area contributed by atoms with Gasteiger partial charge in [0.2, 0.25) is 0 Å². The van der Waals surface area contributed by atoms with Crippen LogP contribution in [0.4, 0.5) is 0 Å². The molecular formula is C36H38Cl2N2SiZr. The van der Waals surface area contributed by atoms with Gasteiger partial charge >= 0.3 is 37.9 Å². The molecule has 0 aliphatic carbocycles. The number of benzene rings is 2. The molecule has 2 heterocycles. The number of hydrogen-bond acceptors (Lipinski definition) is 2. The molecule has 0 aliphatic rings. The first-order valence-corrected chi connectivity index (χ1v) is 22.4. The third-order valence-electron chi connectivity index (χ3n) is 6.76. The quantitative estimate of drug-likeness (QED) is 0.136. The van der Waals surface area contributed by atoms with Crippen LogP contribution in [-0.2, 0) is 20.8 Å². The first-order valence-electron chi connectivity index (χ1n) is 14.1. The fraction of sp³-hybridized carbons (Fsp3) is 0.222. The fourth-order valence-electron chi connectivity index (χ4n) is 4.67. The van der Waals surface area contributed by atoms with Gasteiger partial charge in [0.1, 0.15) is 0 Å². The maximum atomic E-state index is 4.93. The van der Waals surface area contributed by atoms with Crippen LogP contribution in [0.1, 0.15) is 50.7 Å². The van der Waals surface area contributed by atoms with Crippen LogP contribution in [0.5, 0.6) is 0 Å². The van der Waals surface area contributed by atoms with E-state index in [-0.39, 0.29) is 0 Å². The summed E-state index contributed by atoms with van der Waals surface area (Å²) in [5, 5.41) is 5.23. The Labute approximate surface area is 272 Å². The molecule has 0 bridgehead atoms. The van der Waals surface area contributed by atoms with Crippen LogP contribution in [0.15, 0.2) is 109 Å². The Balaban J connectivity index is 0.000000195. The van der Waals surface area contributed by atoms with Crippen molar-refractivity contribution in [2.45, 2.75) is 52.6 Å². The van der Waals surface area contributed by atoms with Crippen LogP contribution in [0.3, 0.4) is 0 Å². The van der Waals surface area contributed by atoms with Gasteiger partial charge in [0.05, 0.1) is 11.4 Å². The standard InChI is InChI=1S/2C17H16N.C2H6Si.2ClH.Zr/c2*1-12(2)14-10-13-6-5-7-15(16(13)11-14)17-8-3-4-9-18-17;1-3-2;;;/h2*3-12H,1-2H3;1-2H3;2*1H;/q2*-1;;;;+4/p-2. The number of pyridine rings is 2. The summed E-state index contributed by atoms with van der Waals surface area (Å²) in [6, 6.07) is 34.1. The Hall–Kier alpha value is -2.36. The summed E-state index contributed by atoms with van der Waals surface area (Å²) in [6.45, 7) is 13.2. The summed E-state index contributed by atoms with van der Waals surface area (Å²) in [7, 11) is 11.0. The molecule has 6 heteroatoms. The van der Waals surface area contributed by atoms with Gasteiger partial charge in [0, 0.05) is 21.9 Å². The maximum absolute atomic E-state index is 4.93. The monoisotopic (exact) mass is 686 g/mol. The predicted molar refractivity (Wildman–Crippen MR) is 183 cm³/mol. The zero-order valence-corrected chi connectivity index (χ0v) is 30.2. The molecule has 0 saturated heterocycles. The molecule has 42 heavy (non-hydrogen) atoms. The molecule has 0 aliphatic heterocycles. The van der Waals surface area contributed by atoms with Crippen molar-refractivity contribution in [3.8, 4) is 22.5 Å². The molecule has 2 aromatic heterocycles. The van der Waals surface area contributed by atoms with Gasteiger partial charge < -0.3 is 0 Å². The molecule has 6 aromatic rings. The van der Waals surface area contributed by atoms with Crippen molar-refractivity contribution in [2.24, 2.45) is 0 Å². The molecule has 0 spiro atoms. The molecule has 2 nitrogen and oxygen atoms in total. The van der Waals surface area contributed by atoms with E-state index in [1.54, 1.807) is 0 Å². The molecule has 0 amide bonds. The van der Waals surface area contributed by atoms with Gasteiger partial charge in [-0.2, -0.15) is 12.1 Å². The number of halogens is 2. The number of hydrogen-bond donors (Lipinski definition) is 0. The molecule has 0 unspecified atom stereocenters. The molecule has 4 aromatic carbocycles. The van der Waals surface area contributed by atoms with Crippen molar-refractivity contribution >= 4 is 48.1 Å². The second-order valence-corrected chi connectivity index (χ2v) is 15.2.